The van der Waals surface area contributed by atoms with Crippen LogP contribution in [0.2, 0.25) is 0 Å². The second-order valence-electron chi connectivity index (χ2n) is 16.6. The first kappa shape index (κ1) is 54.9. The molecule has 368 valence electrons. The number of hydrogen-bond donors (Lipinski definition) is 11. The number of nitrogen functional groups attached to an aromatic ring is 1. The fourth-order valence-electron chi connectivity index (χ4n) is 6.58. The Morgan fingerprint density at radius 2 is 1.34 bits per heavy atom. The maximum atomic E-state index is 12.7. The highest BCUT2D eigenvalue weighted by Crippen LogP contribution is 2.19. The summed E-state index contributed by atoms with van der Waals surface area (Å²) in [4.78, 5) is 115. The highest BCUT2D eigenvalue weighted by molar-refractivity contribution is 7.80. The number of aromatic nitrogens is 4. The molecule has 13 N–H and O–H groups in total. The lowest BCUT2D eigenvalue weighted by Gasteiger charge is -2.33. The third-order valence-corrected chi connectivity index (χ3v) is 10.6. The topological polar surface area (TPSA) is 379 Å². The number of nitrogens with one attached hydrogen (secondary N) is 4. The molecule has 3 aromatic rings. The van der Waals surface area contributed by atoms with Crippen molar-refractivity contribution >= 4 is 77.0 Å². The van der Waals surface area contributed by atoms with Gasteiger partial charge in [-0.1, -0.05) is 13.8 Å². The first-order valence-electron chi connectivity index (χ1n) is 21.3. The van der Waals surface area contributed by atoms with Crippen molar-refractivity contribution in [1.29, 1.82) is 0 Å². The number of carboxylic acids is 3. The Labute approximate surface area is 391 Å². The largest absolute Gasteiger partial charge is 0.480 e. The van der Waals surface area contributed by atoms with E-state index in [4.69, 9.17) is 17.2 Å². The fourth-order valence-corrected chi connectivity index (χ4v) is 7.18. The number of fused-ring (bicyclic) bond motifs is 1. The van der Waals surface area contributed by atoms with Crippen molar-refractivity contribution in [2.75, 3.05) is 102 Å². The third-order valence-electron chi connectivity index (χ3n) is 10.3. The molecule has 25 nitrogen and oxygen atoms in total. The Morgan fingerprint density at radius 3 is 1.84 bits per heavy atom. The van der Waals surface area contributed by atoms with E-state index >= 15 is 0 Å². The zero-order valence-corrected chi connectivity index (χ0v) is 38.5. The number of aromatic amines is 1. The molecular weight excluding hydrogens is 897 g/mol. The van der Waals surface area contributed by atoms with Crippen molar-refractivity contribution in [3.8, 4) is 0 Å². The molecule has 1 aromatic carbocycles. The molecule has 67 heavy (non-hydrogen) atoms. The van der Waals surface area contributed by atoms with Gasteiger partial charge in [0.25, 0.3) is 11.5 Å². The van der Waals surface area contributed by atoms with Crippen molar-refractivity contribution in [1.82, 2.24) is 50.2 Å². The van der Waals surface area contributed by atoms with Gasteiger partial charge in [-0.2, -0.15) is 17.6 Å². The summed E-state index contributed by atoms with van der Waals surface area (Å²) in [7, 11) is 0. The van der Waals surface area contributed by atoms with Crippen LogP contribution in [0.1, 0.15) is 49.2 Å². The number of hydrogen-bond acceptors (Lipinski definition) is 18. The fraction of sp³-hybridized carbons (Fsp3) is 0.537. The summed E-state index contributed by atoms with van der Waals surface area (Å²) < 4.78 is 0. The number of rotatable bonds is 21. The summed E-state index contributed by atoms with van der Waals surface area (Å²) in [5.41, 5.74) is 16.9. The van der Waals surface area contributed by atoms with Crippen LogP contribution in [0.25, 0.3) is 11.2 Å². The molecule has 3 heterocycles. The minimum Gasteiger partial charge on any atom is -0.480 e. The normalized spacial score (nSPS) is 15.1. The summed E-state index contributed by atoms with van der Waals surface area (Å²) in [6, 6.07) is 5.03. The second kappa shape index (κ2) is 27.2. The highest BCUT2D eigenvalue weighted by atomic mass is 32.1. The number of carbonyl (C=O) groups excluding carboxylic acids is 4. The van der Waals surface area contributed by atoms with Gasteiger partial charge in [0.2, 0.25) is 23.7 Å². The first-order chi connectivity index (χ1) is 31.6. The van der Waals surface area contributed by atoms with E-state index in [9.17, 15) is 53.7 Å². The van der Waals surface area contributed by atoms with Gasteiger partial charge in [-0.25, -0.2) is 14.8 Å². The zero-order valence-electron chi connectivity index (χ0n) is 37.6. The molecule has 0 aliphatic carbocycles. The standard InChI is InChI=1S/C22H42N6O6S.C19H20N8O5/c1-22(2,3-12-35)17-24-19(30)14-26-6-10-27(15-20(31)32)8-4-25(13-18(23)29)5-9-28(11-7-26)16-21(33)34;20-13(28)6-5-12(18(31)32)25-16(29)9-1-3-10(4-2-9)22-7-11-8-23-15-14(24-11)17(30)27-19(21)26-15/h35H,3-17H2,1-2H3,(H2,23,29)(H,24,30)(H,31,32)(H,33,34);1-4,8,12,22H,5-7H2,(H2,20,28)(H,25,29)(H,31,32)(H3,21,23,26,27,30). The SMILES string of the molecule is CC(C)(CCS)CNC(=O)CN1CCN(CC(=O)O)CCN(CC(N)=O)CCN(CC(=O)O)CC1.NC(=O)CCC(NC(=O)c1ccc(NCc2cnc3nc(N)[nH]c(=O)c3n2)cc1)C(=O)O. The van der Waals surface area contributed by atoms with E-state index in [0.717, 1.165) is 12.2 Å². The molecule has 1 unspecified atom stereocenters. The maximum absolute atomic E-state index is 12.7. The number of carbonyl (C=O) groups is 7. The zero-order chi connectivity index (χ0) is 49.7. The molecule has 26 heteroatoms. The quantitative estimate of drug-likeness (QED) is 0.0499. The Bertz CT molecular complexity index is 2200. The number of thiol groups is 1. The van der Waals surface area contributed by atoms with Crippen LogP contribution in [0.3, 0.4) is 0 Å². The summed E-state index contributed by atoms with van der Waals surface area (Å²) >= 11 is 4.27. The van der Waals surface area contributed by atoms with Crippen LogP contribution in [0.4, 0.5) is 11.6 Å². The van der Waals surface area contributed by atoms with E-state index in [-0.39, 0.29) is 79.6 Å². The molecule has 1 saturated heterocycles. The predicted molar refractivity (Wildman–Crippen MR) is 249 cm³/mol. The molecule has 0 bridgehead atoms. The van der Waals surface area contributed by atoms with Crippen molar-refractivity contribution in [2.24, 2.45) is 16.9 Å². The number of carboxylic acid groups (broad SMARTS) is 3. The van der Waals surface area contributed by atoms with E-state index in [1.807, 2.05) is 9.80 Å². The monoisotopic (exact) mass is 958 g/mol. The molecule has 1 aliphatic rings. The van der Waals surface area contributed by atoms with E-state index in [0.29, 0.717) is 70.3 Å². The van der Waals surface area contributed by atoms with Gasteiger partial charge in [-0.15, -0.1) is 0 Å². The Morgan fingerprint density at radius 1 is 0.806 bits per heavy atom. The third kappa shape index (κ3) is 21.1. The molecule has 0 spiro atoms. The van der Waals surface area contributed by atoms with Crippen LogP contribution >= 0.6 is 12.6 Å². The van der Waals surface area contributed by atoms with Gasteiger partial charge in [0.05, 0.1) is 44.6 Å². The maximum Gasteiger partial charge on any atom is 0.326 e. The average Bonchev–Trinajstić information content (AvgIpc) is 3.24. The van der Waals surface area contributed by atoms with E-state index < -0.39 is 47.2 Å². The number of aliphatic carboxylic acids is 3. The lowest BCUT2D eigenvalue weighted by molar-refractivity contribution is -0.140. The van der Waals surface area contributed by atoms with Gasteiger partial charge in [0, 0.05) is 76.6 Å². The average molecular weight is 959 g/mol. The Kier molecular flexibility index (Phi) is 22.3. The molecule has 4 amide bonds. The summed E-state index contributed by atoms with van der Waals surface area (Å²) in [5, 5.41) is 36.2. The molecule has 2 aromatic heterocycles. The van der Waals surface area contributed by atoms with Crippen molar-refractivity contribution in [2.45, 2.75) is 45.7 Å². The minimum atomic E-state index is -1.26. The molecule has 1 fully saturated rings. The first-order valence-corrected chi connectivity index (χ1v) is 21.9. The summed E-state index contributed by atoms with van der Waals surface area (Å²) in [5.74, 6) is -4.37. The van der Waals surface area contributed by atoms with Crippen molar-refractivity contribution in [3.05, 3.63) is 52.1 Å². The van der Waals surface area contributed by atoms with Crippen molar-refractivity contribution < 1.29 is 48.9 Å². The number of benzene rings is 1. The van der Waals surface area contributed by atoms with Gasteiger partial charge in [0.1, 0.15) is 6.04 Å². The summed E-state index contributed by atoms with van der Waals surface area (Å²) in [6.07, 6.45) is 2.06. The van der Waals surface area contributed by atoms with Gasteiger partial charge < -0.3 is 48.5 Å². The van der Waals surface area contributed by atoms with Crippen LogP contribution in [0.15, 0.2) is 35.3 Å². The smallest absolute Gasteiger partial charge is 0.326 e. The molecule has 4 rings (SSSR count). The number of nitrogens with two attached hydrogens (primary N) is 3. The van der Waals surface area contributed by atoms with Gasteiger partial charge in [-0.3, -0.25) is 58.1 Å². The molecule has 0 saturated carbocycles. The van der Waals surface area contributed by atoms with Gasteiger partial charge >= 0.3 is 17.9 Å². The van der Waals surface area contributed by atoms with Crippen molar-refractivity contribution in [3.63, 3.8) is 0 Å². The predicted octanol–water partition coefficient (Wildman–Crippen LogP) is -2.32. The lowest BCUT2D eigenvalue weighted by Crippen LogP contribution is -2.50. The van der Waals surface area contributed by atoms with Crippen LogP contribution in [0.5, 0.6) is 0 Å². The van der Waals surface area contributed by atoms with Gasteiger partial charge in [0.15, 0.2) is 11.2 Å². The van der Waals surface area contributed by atoms with Crippen LogP contribution in [-0.2, 0) is 35.3 Å². The van der Waals surface area contributed by atoms with Crippen LogP contribution < -0.4 is 38.7 Å². The molecule has 0 radical (unpaired) electrons. The number of H-pyrrole nitrogens is 1. The Balaban J connectivity index is 0.000000356. The second-order valence-corrected chi connectivity index (χ2v) is 17.0. The lowest BCUT2D eigenvalue weighted by atomic mass is 9.90. The van der Waals surface area contributed by atoms with E-state index in [2.05, 4.69) is 62.4 Å². The molecule has 1 aliphatic heterocycles. The summed E-state index contributed by atoms with van der Waals surface area (Å²) in [6.45, 7) is 8.05. The van der Waals surface area contributed by atoms with E-state index in [1.54, 1.807) is 21.9 Å². The van der Waals surface area contributed by atoms with Crippen LogP contribution in [-0.4, -0.2) is 193 Å². The number of amides is 4. The Hall–Kier alpha value is -6.48. The molecular formula is C41H62N14O11S. The highest BCUT2D eigenvalue weighted by Gasteiger charge is 2.24. The van der Waals surface area contributed by atoms with E-state index in [1.165, 1.54) is 18.3 Å². The number of nitrogens with zero attached hydrogens (tertiary/aromatic N) is 7. The number of anilines is 2. The molecule has 1 atom stereocenters. The number of primary amides is 2. The minimum absolute atomic E-state index is 0.0116. The van der Waals surface area contributed by atoms with Crippen LogP contribution in [0, 0.1) is 5.41 Å². The van der Waals surface area contributed by atoms with Gasteiger partial charge in [-0.05, 0) is 48.3 Å².